The van der Waals surface area contributed by atoms with Crippen LogP contribution in [-0.2, 0) is 22.6 Å². The summed E-state index contributed by atoms with van der Waals surface area (Å²) in [5.74, 6) is -0.367. The Bertz CT molecular complexity index is 722. The molecule has 4 N–H and O–H groups in total. The van der Waals surface area contributed by atoms with Crippen LogP contribution in [0.5, 0.6) is 0 Å². The summed E-state index contributed by atoms with van der Waals surface area (Å²) in [5, 5.41) is 5.47. The highest BCUT2D eigenvalue weighted by molar-refractivity contribution is 5.85. The van der Waals surface area contributed by atoms with Gasteiger partial charge in [0.15, 0.2) is 0 Å². The number of nitrogens with two attached hydrogens (primary N) is 1. The number of hydrogen-bond acceptors (Lipinski definition) is 4. The first-order valence-electron chi connectivity index (χ1n) is 8.81. The second kappa shape index (κ2) is 13.1. The minimum absolute atomic E-state index is 0. The van der Waals surface area contributed by atoms with Gasteiger partial charge < -0.3 is 20.9 Å². The van der Waals surface area contributed by atoms with E-state index in [1.165, 1.54) is 5.56 Å². The zero-order valence-corrected chi connectivity index (χ0v) is 17.8. The van der Waals surface area contributed by atoms with Crippen molar-refractivity contribution < 1.29 is 9.59 Å². The molecule has 0 aliphatic heterocycles. The van der Waals surface area contributed by atoms with E-state index >= 15 is 0 Å². The summed E-state index contributed by atoms with van der Waals surface area (Å²) >= 11 is 0. The first kappa shape index (κ1) is 25.9. The molecule has 1 aromatic heterocycles. The molecule has 0 aliphatic rings. The van der Waals surface area contributed by atoms with E-state index in [4.69, 9.17) is 5.73 Å². The fraction of sp³-hybridized carbons (Fsp3) is 0.421. The van der Waals surface area contributed by atoms with Gasteiger partial charge in [0.2, 0.25) is 11.8 Å². The van der Waals surface area contributed by atoms with E-state index in [0.717, 1.165) is 12.2 Å². The van der Waals surface area contributed by atoms with Crippen LogP contribution in [0, 0.1) is 0 Å². The number of nitrogens with zero attached hydrogens (tertiary/aromatic N) is 2. The van der Waals surface area contributed by atoms with Crippen LogP contribution in [0.15, 0.2) is 42.9 Å². The maximum Gasteiger partial charge on any atom is 0.237 e. The largest absolute Gasteiger partial charge is 0.354 e. The van der Waals surface area contributed by atoms with Gasteiger partial charge in [-0.3, -0.25) is 9.59 Å². The fourth-order valence-corrected chi connectivity index (χ4v) is 2.53. The molecule has 2 aromatic rings. The van der Waals surface area contributed by atoms with Crippen LogP contribution in [-0.4, -0.2) is 40.0 Å². The average Bonchev–Trinajstić information content (AvgIpc) is 3.01. The summed E-state index contributed by atoms with van der Waals surface area (Å²) in [6.07, 6.45) is 4.23. The van der Waals surface area contributed by atoms with Crippen molar-refractivity contribution in [3.8, 4) is 0 Å². The Morgan fingerprint density at radius 1 is 1.18 bits per heavy atom. The maximum atomic E-state index is 12.0. The Kier molecular flexibility index (Phi) is 12.2. The minimum Gasteiger partial charge on any atom is -0.354 e. The molecule has 1 aromatic carbocycles. The summed E-state index contributed by atoms with van der Waals surface area (Å²) in [6.45, 7) is 4.78. The number of amides is 2. The molecule has 2 rings (SSSR count). The first-order chi connectivity index (χ1) is 12.4. The molecule has 0 fully saturated rings. The second-order valence-corrected chi connectivity index (χ2v) is 6.60. The van der Waals surface area contributed by atoms with Crippen LogP contribution >= 0.6 is 24.8 Å². The molecular formula is C19H29Cl2N5O2. The third-order valence-corrected chi connectivity index (χ3v) is 3.76. The molecule has 28 heavy (non-hydrogen) atoms. The van der Waals surface area contributed by atoms with E-state index < -0.39 is 6.04 Å². The highest BCUT2D eigenvalue weighted by Crippen LogP contribution is 2.05. The van der Waals surface area contributed by atoms with Gasteiger partial charge in [-0.05, 0) is 19.4 Å². The number of rotatable bonds is 9. The van der Waals surface area contributed by atoms with Crippen LogP contribution in [0.1, 0.15) is 31.5 Å². The highest BCUT2D eigenvalue weighted by Gasteiger charge is 2.15. The van der Waals surface area contributed by atoms with E-state index in [9.17, 15) is 9.59 Å². The Morgan fingerprint density at radius 2 is 1.86 bits per heavy atom. The Labute approximate surface area is 178 Å². The van der Waals surface area contributed by atoms with Gasteiger partial charge in [-0.25, -0.2) is 4.98 Å². The molecule has 7 nitrogen and oxygen atoms in total. The monoisotopic (exact) mass is 429 g/mol. The lowest BCUT2D eigenvalue weighted by atomic mass is 10.1. The van der Waals surface area contributed by atoms with Crippen molar-refractivity contribution in [1.29, 1.82) is 0 Å². The van der Waals surface area contributed by atoms with Crippen molar-refractivity contribution >= 4 is 36.6 Å². The van der Waals surface area contributed by atoms with Crippen molar-refractivity contribution in [2.45, 2.75) is 45.3 Å². The first-order valence-corrected chi connectivity index (χ1v) is 8.81. The average molecular weight is 430 g/mol. The lowest BCUT2D eigenvalue weighted by Crippen LogP contribution is -2.43. The molecule has 0 unspecified atom stereocenters. The van der Waals surface area contributed by atoms with Crippen LogP contribution in [0.4, 0.5) is 0 Å². The number of aromatic nitrogens is 2. The third kappa shape index (κ3) is 9.21. The Balaban J connectivity index is 0.00000364. The topological polar surface area (TPSA) is 102 Å². The molecule has 1 atom stereocenters. The molecule has 0 bridgehead atoms. The normalized spacial score (nSPS) is 11.1. The van der Waals surface area contributed by atoms with Crippen LogP contribution in [0.2, 0.25) is 0 Å². The Hall–Kier alpha value is -2.09. The number of imidazole rings is 1. The molecule has 0 saturated heterocycles. The number of hydrogen-bond donors (Lipinski definition) is 3. The number of carbonyl (C=O) groups excluding carboxylic acids is 2. The molecule has 0 saturated carbocycles. The van der Waals surface area contributed by atoms with E-state index in [0.29, 0.717) is 6.42 Å². The number of carbonyl (C=O) groups is 2. The van der Waals surface area contributed by atoms with E-state index in [1.807, 2.05) is 54.9 Å². The van der Waals surface area contributed by atoms with Crippen LogP contribution in [0.3, 0.4) is 0 Å². The predicted octanol–water partition coefficient (Wildman–Crippen LogP) is 1.68. The standard InChI is InChI=1S/C19H27N5O2.2ClH/c1-14(2)23-18(25)8-9-21-19(26)17(20)10-16-12-24(13-22-16)11-15-6-4-3-5-7-15;;/h3-7,12-14,17H,8-11,20H2,1-2H3,(H,21,26)(H,23,25);2*1H/t17-;;/m0../s1. The third-order valence-electron chi connectivity index (χ3n) is 3.76. The van der Waals surface area contributed by atoms with Crippen molar-refractivity contribution in [3.63, 3.8) is 0 Å². The van der Waals surface area contributed by atoms with Crippen LogP contribution in [0.25, 0.3) is 0 Å². The number of nitrogens with one attached hydrogen (secondary N) is 2. The summed E-state index contributed by atoms with van der Waals surface area (Å²) in [4.78, 5) is 27.9. The van der Waals surface area contributed by atoms with Crippen molar-refractivity contribution in [1.82, 2.24) is 20.2 Å². The lowest BCUT2D eigenvalue weighted by molar-refractivity contribution is -0.123. The van der Waals surface area contributed by atoms with E-state index in [2.05, 4.69) is 15.6 Å². The summed E-state index contributed by atoms with van der Waals surface area (Å²) < 4.78 is 1.96. The second-order valence-electron chi connectivity index (χ2n) is 6.60. The zero-order valence-electron chi connectivity index (χ0n) is 16.1. The number of benzene rings is 1. The van der Waals surface area contributed by atoms with Crippen LogP contribution < -0.4 is 16.4 Å². The molecule has 2 amide bonds. The van der Waals surface area contributed by atoms with E-state index in [-0.39, 0.29) is 55.6 Å². The van der Waals surface area contributed by atoms with Gasteiger partial charge >= 0.3 is 0 Å². The molecule has 156 valence electrons. The van der Waals surface area contributed by atoms with Gasteiger partial charge in [0, 0.05) is 38.2 Å². The molecule has 1 heterocycles. The van der Waals surface area contributed by atoms with E-state index in [1.54, 1.807) is 6.33 Å². The summed E-state index contributed by atoms with van der Waals surface area (Å²) in [5.41, 5.74) is 7.89. The lowest BCUT2D eigenvalue weighted by Gasteiger charge is -2.12. The zero-order chi connectivity index (χ0) is 18.9. The molecular weight excluding hydrogens is 401 g/mol. The van der Waals surface area contributed by atoms with Gasteiger partial charge in [-0.2, -0.15) is 0 Å². The van der Waals surface area contributed by atoms with Crippen molar-refractivity contribution in [2.24, 2.45) is 5.73 Å². The van der Waals surface area contributed by atoms with Gasteiger partial charge in [0.05, 0.1) is 18.1 Å². The smallest absolute Gasteiger partial charge is 0.237 e. The molecule has 0 spiro atoms. The van der Waals surface area contributed by atoms with Gasteiger partial charge in [0.1, 0.15) is 0 Å². The SMILES string of the molecule is CC(C)NC(=O)CCNC(=O)[C@@H](N)Cc1cn(Cc2ccccc2)cn1.Cl.Cl. The fourth-order valence-electron chi connectivity index (χ4n) is 2.53. The Morgan fingerprint density at radius 3 is 2.50 bits per heavy atom. The quantitative estimate of drug-likeness (QED) is 0.563. The predicted molar refractivity (Wildman–Crippen MR) is 115 cm³/mol. The summed E-state index contributed by atoms with van der Waals surface area (Å²) in [6, 6.07) is 9.47. The minimum atomic E-state index is -0.691. The molecule has 0 aliphatic carbocycles. The summed E-state index contributed by atoms with van der Waals surface area (Å²) in [7, 11) is 0. The van der Waals surface area contributed by atoms with Gasteiger partial charge in [-0.15, -0.1) is 24.8 Å². The van der Waals surface area contributed by atoms with Gasteiger partial charge in [-0.1, -0.05) is 30.3 Å². The number of halogens is 2. The maximum absolute atomic E-state index is 12.0. The van der Waals surface area contributed by atoms with Gasteiger partial charge in [0.25, 0.3) is 0 Å². The van der Waals surface area contributed by atoms with Crippen molar-refractivity contribution in [2.75, 3.05) is 6.54 Å². The van der Waals surface area contributed by atoms with Crippen molar-refractivity contribution in [3.05, 3.63) is 54.1 Å². The molecule has 0 radical (unpaired) electrons. The molecule has 9 heteroatoms. The highest BCUT2D eigenvalue weighted by atomic mass is 35.5.